The van der Waals surface area contributed by atoms with Crippen molar-refractivity contribution >= 4 is 10.0 Å². The van der Waals surface area contributed by atoms with Crippen LogP contribution in [0.4, 0.5) is 17.6 Å². The van der Waals surface area contributed by atoms with Crippen LogP contribution in [-0.2, 0) is 16.2 Å². The summed E-state index contributed by atoms with van der Waals surface area (Å²) in [5, 5.41) is 0. The van der Waals surface area contributed by atoms with Gasteiger partial charge in [0.2, 0.25) is 10.0 Å². The minimum Gasteiger partial charge on any atom is -0.497 e. The minimum atomic E-state index is -4.74. The van der Waals surface area contributed by atoms with E-state index in [9.17, 15) is 26.0 Å². The number of aromatic amines is 1. The van der Waals surface area contributed by atoms with E-state index in [0.717, 1.165) is 6.07 Å². The molecule has 1 fully saturated rings. The van der Waals surface area contributed by atoms with Crippen LogP contribution in [0, 0.1) is 5.82 Å². The normalized spacial score (nSPS) is 20.4. The number of sulfonamides is 1. The predicted octanol–water partition coefficient (Wildman–Crippen LogP) is 4.99. The minimum absolute atomic E-state index is 0.125. The Morgan fingerprint density at radius 3 is 2.25 bits per heavy atom. The lowest BCUT2D eigenvalue weighted by Gasteiger charge is -2.30. The maximum Gasteiger partial charge on any atom is 0.433 e. The van der Waals surface area contributed by atoms with Gasteiger partial charge in [0.25, 0.3) is 0 Å². The van der Waals surface area contributed by atoms with Gasteiger partial charge in [0, 0.05) is 23.6 Å². The van der Waals surface area contributed by atoms with Crippen LogP contribution in [0.25, 0.3) is 11.3 Å². The lowest BCUT2D eigenvalue weighted by atomic mass is 9.86. The fraction of sp³-hybridized carbons (Fsp3) is 0.571. The Labute approximate surface area is 184 Å². The van der Waals surface area contributed by atoms with Gasteiger partial charge in [0.15, 0.2) is 0 Å². The lowest BCUT2D eigenvalue weighted by Crippen LogP contribution is -2.45. The van der Waals surface area contributed by atoms with Crippen molar-refractivity contribution in [3.05, 3.63) is 35.5 Å². The zero-order valence-electron chi connectivity index (χ0n) is 18.3. The fourth-order valence-corrected chi connectivity index (χ4v) is 4.71. The molecule has 3 rings (SSSR count). The van der Waals surface area contributed by atoms with E-state index in [4.69, 9.17) is 4.74 Å². The molecule has 0 bridgehead atoms. The highest BCUT2D eigenvalue weighted by atomic mass is 32.2. The van der Waals surface area contributed by atoms with E-state index in [-0.39, 0.29) is 29.1 Å². The van der Waals surface area contributed by atoms with Crippen molar-refractivity contribution in [3.8, 4) is 17.0 Å². The standard InChI is InChI=1S/C21H27F4N3O3S/c1-20(2,3)32(29,30)28-13-7-5-12(6-8-13)19-26-17(18(27-19)21(23,24)25)15-10-9-14(31-4)11-16(15)22/h9-13,28H,5-8H2,1-4H3,(H,26,27)/t12-,13-. The Bertz CT molecular complexity index is 1070. The van der Waals surface area contributed by atoms with Crippen LogP contribution in [-0.4, -0.2) is 36.3 Å². The van der Waals surface area contributed by atoms with E-state index in [2.05, 4.69) is 14.7 Å². The topological polar surface area (TPSA) is 84.1 Å². The van der Waals surface area contributed by atoms with Gasteiger partial charge in [-0.05, 0) is 58.6 Å². The molecule has 2 aromatic rings. The number of methoxy groups -OCH3 is 1. The van der Waals surface area contributed by atoms with Gasteiger partial charge in [-0.2, -0.15) is 13.2 Å². The molecule has 1 aliphatic rings. The van der Waals surface area contributed by atoms with Crippen LogP contribution < -0.4 is 9.46 Å². The Morgan fingerprint density at radius 1 is 1.12 bits per heavy atom. The number of imidazole rings is 1. The maximum atomic E-state index is 14.5. The van der Waals surface area contributed by atoms with Gasteiger partial charge in [0.05, 0.1) is 11.9 Å². The van der Waals surface area contributed by atoms with E-state index in [0.29, 0.717) is 25.7 Å². The van der Waals surface area contributed by atoms with Crippen LogP contribution in [0.1, 0.15) is 63.9 Å². The highest BCUT2D eigenvalue weighted by molar-refractivity contribution is 7.90. The SMILES string of the molecule is COc1ccc(-c2nc([C@H]3CC[C@H](NS(=O)(=O)C(C)(C)C)CC3)[nH]c2C(F)(F)F)c(F)c1. The third-order valence-corrected chi connectivity index (χ3v) is 7.93. The summed E-state index contributed by atoms with van der Waals surface area (Å²) in [6.07, 6.45) is -2.91. The molecular weight excluding hydrogens is 450 g/mol. The molecule has 6 nitrogen and oxygen atoms in total. The van der Waals surface area contributed by atoms with Gasteiger partial charge in [-0.3, -0.25) is 0 Å². The summed E-state index contributed by atoms with van der Waals surface area (Å²) in [6.45, 7) is 4.80. The smallest absolute Gasteiger partial charge is 0.433 e. The number of halogens is 4. The molecule has 1 aliphatic carbocycles. The maximum absolute atomic E-state index is 14.5. The molecule has 1 saturated carbocycles. The molecule has 0 saturated heterocycles. The van der Waals surface area contributed by atoms with Crippen LogP contribution >= 0.6 is 0 Å². The third kappa shape index (κ3) is 5.09. The quantitative estimate of drug-likeness (QED) is 0.595. The number of benzene rings is 1. The van der Waals surface area contributed by atoms with Crippen molar-refractivity contribution < 1.29 is 30.7 Å². The number of hydrogen-bond donors (Lipinski definition) is 2. The summed E-state index contributed by atoms with van der Waals surface area (Å²) in [5.74, 6) is -0.874. The Hall–Kier alpha value is -2.14. The Balaban J connectivity index is 1.83. The summed E-state index contributed by atoms with van der Waals surface area (Å²) in [7, 11) is -2.19. The third-order valence-electron chi connectivity index (χ3n) is 5.68. The molecule has 0 amide bonds. The molecule has 0 atom stereocenters. The van der Waals surface area contributed by atoms with E-state index in [1.165, 1.54) is 19.2 Å². The van der Waals surface area contributed by atoms with Crippen molar-refractivity contribution in [1.29, 1.82) is 0 Å². The van der Waals surface area contributed by atoms with Crippen LogP contribution in [0.15, 0.2) is 18.2 Å². The van der Waals surface area contributed by atoms with Gasteiger partial charge in [0.1, 0.15) is 28.8 Å². The van der Waals surface area contributed by atoms with Gasteiger partial charge >= 0.3 is 6.18 Å². The summed E-state index contributed by atoms with van der Waals surface area (Å²) < 4.78 is 86.8. The zero-order chi connectivity index (χ0) is 23.9. The van der Waals surface area contributed by atoms with E-state index in [1.807, 2.05) is 0 Å². The number of nitrogens with one attached hydrogen (secondary N) is 2. The molecule has 1 aromatic carbocycles. The first kappa shape index (κ1) is 24.5. The highest BCUT2D eigenvalue weighted by Gasteiger charge is 2.39. The number of ether oxygens (including phenoxy) is 1. The second-order valence-corrected chi connectivity index (χ2v) is 11.4. The van der Waals surface area contributed by atoms with Crippen molar-refractivity contribution in [2.24, 2.45) is 0 Å². The largest absolute Gasteiger partial charge is 0.497 e. The van der Waals surface area contributed by atoms with Gasteiger partial charge in [-0.15, -0.1) is 0 Å². The first-order valence-electron chi connectivity index (χ1n) is 10.3. The number of alkyl halides is 3. The Kier molecular flexibility index (Phi) is 6.63. The summed E-state index contributed by atoms with van der Waals surface area (Å²) in [6, 6.07) is 3.31. The van der Waals surface area contributed by atoms with Crippen molar-refractivity contribution in [2.75, 3.05) is 7.11 Å². The van der Waals surface area contributed by atoms with Gasteiger partial charge in [-0.25, -0.2) is 22.5 Å². The average molecular weight is 478 g/mol. The number of aromatic nitrogens is 2. The number of nitrogens with zero attached hydrogens (tertiary/aromatic N) is 1. The van der Waals surface area contributed by atoms with Crippen molar-refractivity contribution in [1.82, 2.24) is 14.7 Å². The molecule has 0 radical (unpaired) electrons. The molecule has 2 N–H and O–H groups in total. The number of hydrogen-bond acceptors (Lipinski definition) is 4. The molecule has 0 aliphatic heterocycles. The average Bonchev–Trinajstić information content (AvgIpc) is 3.13. The van der Waals surface area contributed by atoms with Crippen LogP contribution in [0.5, 0.6) is 5.75 Å². The Morgan fingerprint density at radius 2 is 1.75 bits per heavy atom. The van der Waals surface area contributed by atoms with E-state index in [1.54, 1.807) is 20.8 Å². The lowest BCUT2D eigenvalue weighted by molar-refractivity contribution is -0.140. The molecule has 1 aromatic heterocycles. The van der Waals surface area contributed by atoms with Gasteiger partial charge < -0.3 is 9.72 Å². The summed E-state index contributed by atoms with van der Waals surface area (Å²) >= 11 is 0. The second kappa shape index (κ2) is 8.66. The van der Waals surface area contributed by atoms with E-state index < -0.39 is 38.2 Å². The first-order valence-corrected chi connectivity index (χ1v) is 11.7. The van der Waals surface area contributed by atoms with Crippen LogP contribution in [0.3, 0.4) is 0 Å². The number of H-pyrrole nitrogens is 1. The molecule has 0 unspecified atom stereocenters. The van der Waals surface area contributed by atoms with Crippen molar-refractivity contribution in [2.45, 2.75) is 69.3 Å². The first-order chi connectivity index (χ1) is 14.7. The molecule has 1 heterocycles. The van der Waals surface area contributed by atoms with Gasteiger partial charge in [-0.1, -0.05) is 0 Å². The summed E-state index contributed by atoms with van der Waals surface area (Å²) in [4.78, 5) is 6.49. The molecule has 11 heteroatoms. The monoisotopic (exact) mass is 477 g/mol. The molecular formula is C21H27F4N3O3S. The highest BCUT2D eigenvalue weighted by Crippen LogP contribution is 2.40. The second-order valence-electron chi connectivity index (χ2n) is 8.97. The van der Waals surface area contributed by atoms with Crippen molar-refractivity contribution in [3.63, 3.8) is 0 Å². The molecule has 178 valence electrons. The number of rotatable bonds is 5. The predicted molar refractivity (Wildman–Crippen MR) is 112 cm³/mol. The fourth-order valence-electron chi connectivity index (χ4n) is 3.68. The molecule has 32 heavy (non-hydrogen) atoms. The molecule has 0 spiro atoms. The van der Waals surface area contributed by atoms with Crippen LogP contribution in [0.2, 0.25) is 0 Å². The zero-order valence-corrected chi connectivity index (χ0v) is 19.1. The summed E-state index contributed by atoms with van der Waals surface area (Å²) in [5.41, 5.74) is -1.87. The van der Waals surface area contributed by atoms with E-state index >= 15 is 0 Å².